The summed E-state index contributed by atoms with van der Waals surface area (Å²) < 4.78 is 10.2. The van der Waals surface area contributed by atoms with Gasteiger partial charge < -0.3 is 14.6 Å². The van der Waals surface area contributed by atoms with Crippen LogP contribution < -0.4 is 5.32 Å². The van der Waals surface area contributed by atoms with E-state index >= 15 is 0 Å². The number of aliphatic carboxylic acids is 1. The summed E-state index contributed by atoms with van der Waals surface area (Å²) in [4.78, 5) is 39.9. The van der Waals surface area contributed by atoms with Gasteiger partial charge in [0, 0.05) is 5.38 Å². The minimum absolute atomic E-state index is 0.0472. The van der Waals surface area contributed by atoms with Gasteiger partial charge in [-0.25, -0.2) is 14.6 Å². The minimum Gasteiger partial charge on any atom is -0.478 e. The number of nitrogens with one attached hydrogen (secondary N) is 1. The van der Waals surface area contributed by atoms with Crippen molar-refractivity contribution in [1.29, 1.82) is 0 Å². The Balaban J connectivity index is 1.55. The first-order valence-corrected chi connectivity index (χ1v) is 12.1. The quantitative estimate of drug-likeness (QED) is 0.272. The van der Waals surface area contributed by atoms with Crippen LogP contribution in [0.5, 0.6) is 0 Å². The molecule has 3 rings (SSSR count). The summed E-state index contributed by atoms with van der Waals surface area (Å²) in [6.07, 6.45) is -0.729. The van der Waals surface area contributed by atoms with Gasteiger partial charge in [-0.3, -0.25) is 10.1 Å². The normalized spacial score (nSPS) is 11.3. The number of halogens is 1. The van der Waals surface area contributed by atoms with Gasteiger partial charge in [-0.05, 0) is 11.1 Å². The molecule has 0 atom stereocenters. The van der Waals surface area contributed by atoms with Crippen molar-refractivity contribution in [1.82, 2.24) is 4.98 Å². The Morgan fingerprint density at radius 1 is 0.971 bits per heavy atom. The first kappa shape index (κ1) is 25.3. The molecule has 0 aliphatic heterocycles. The lowest BCUT2D eigenvalue weighted by atomic mass is 10.2. The zero-order valence-corrected chi connectivity index (χ0v) is 20.0. The molecule has 1 heterocycles. The van der Waals surface area contributed by atoms with Crippen LogP contribution in [0.15, 0.2) is 70.4 Å². The SMILES string of the molecule is O=C(CS/C(Cl)=C(\C(=O)O)c1csc(NC(=O)OCc2ccccc2)n1)OCc1ccccc1. The molecular formula is C23H19ClN2O6S2. The van der Waals surface area contributed by atoms with E-state index < -0.39 is 18.0 Å². The Morgan fingerprint density at radius 2 is 1.56 bits per heavy atom. The highest BCUT2D eigenvalue weighted by Crippen LogP contribution is 2.32. The third kappa shape index (κ3) is 7.91. The summed E-state index contributed by atoms with van der Waals surface area (Å²) >= 11 is 8.01. The molecule has 176 valence electrons. The molecule has 0 fully saturated rings. The lowest BCUT2D eigenvalue weighted by molar-refractivity contribution is -0.141. The number of benzene rings is 2. The number of aromatic nitrogens is 1. The van der Waals surface area contributed by atoms with Crippen LogP contribution in [-0.4, -0.2) is 33.9 Å². The van der Waals surface area contributed by atoms with Gasteiger partial charge >= 0.3 is 18.0 Å². The van der Waals surface area contributed by atoms with Crippen LogP contribution >= 0.6 is 34.7 Å². The maximum absolute atomic E-state index is 12.0. The summed E-state index contributed by atoms with van der Waals surface area (Å²) in [5.74, 6) is -2.04. The van der Waals surface area contributed by atoms with Crippen LogP contribution in [0, 0.1) is 0 Å². The largest absolute Gasteiger partial charge is 0.478 e. The highest BCUT2D eigenvalue weighted by Gasteiger charge is 2.21. The number of hydrogen-bond acceptors (Lipinski definition) is 8. The van der Waals surface area contributed by atoms with Gasteiger partial charge in [0.2, 0.25) is 0 Å². The highest BCUT2D eigenvalue weighted by molar-refractivity contribution is 8.05. The number of rotatable bonds is 10. The number of anilines is 1. The smallest absolute Gasteiger partial charge is 0.413 e. The number of carboxylic acids is 1. The second-order valence-electron chi connectivity index (χ2n) is 6.61. The third-order valence-corrected chi connectivity index (χ3v) is 6.26. The van der Waals surface area contributed by atoms with E-state index in [0.29, 0.717) is 0 Å². The number of carboxylic acid groups (broad SMARTS) is 1. The molecule has 0 saturated carbocycles. The monoisotopic (exact) mass is 518 g/mol. The Hall–Kier alpha value is -3.34. The number of carbonyl (C=O) groups excluding carboxylic acids is 2. The average molecular weight is 519 g/mol. The summed E-state index contributed by atoms with van der Waals surface area (Å²) in [7, 11) is 0. The standard InChI is InChI=1S/C23H19ClN2O6S2/c24-20(33-14-18(27)31-11-15-7-3-1-4-8-15)19(21(28)29)17-13-34-22(25-17)26-23(30)32-12-16-9-5-2-6-10-16/h1-10,13H,11-12,14H2,(H,28,29)(H,25,26,30)/b20-19-. The molecule has 3 aromatic rings. The molecule has 0 unspecified atom stereocenters. The molecule has 0 radical (unpaired) electrons. The lowest BCUT2D eigenvalue weighted by Gasteiger charge is -2.06. The van der Waals surface area contributed by atoms with Crippen molar-refractivity contribution in [3.8, 4) is 0 Å². The van der Waals surface area contributed by atoms with E-state index in [-0.39, 0.29) is 39.7 Å². The maximum Gasteiger partial charge on any atom is 0.413 e. The van der Waals surface area contributed by atoms with E-state index in [2.05, 4.69) is 10.3 Å². The van der Waals surface area contributed by atoms with Crippen LogP contribution in [0.25, 0.3) is 5.57 Å². The number of hydrogen-bond donors (Lipinski definition) is 2. The fourth-order valence-corrected chi connectivity index (χ4v) is 4.25. The predicted octanol–water partition coefficient (Wildman–Crippen LogP) is 5.36. The molecule has 0 aliphatic carbocycles. The van der Waals surface area contributed by atoms with Gasteiger partial charge in [0.25, 0.3) is 0 Å². The molecule has 0 spiro atoms. The summed E-state index contributed by atoms with van der Waals surface area (Å²) in [6, 6.07) is 18.3. The number of thioether (sulfide) groups is 1. The molecule has 34 heavy (non-hydrogen) atoms. The molecule has 1 amide bonds. The Morgan fingerprint density at radius 3 is 2.15 bits per heavy atom. The first-order chi connectivity index (χ1) is 16.4. The van der Waals surface area contributed by atoms with Crippen molar-refractivity contribution in [2.75, 3.05) is 11.1 Å². The maximum atomic E-state index is 12.0. The van der Waals surface area contributed by atoms with E-state index in [9.17, 15) is 19.5 Å². The van der Waals surface area contributed by atoms with Crippen molar-refractivity contribution in [3.63, 3.8) is 0 Å². The third-order valence-electron chi connectivity index (χ3n) is 4.15. The van der Waals surface area contributed by atoms with Gasteiger partial charge in [0.15, 0.2) is 5.13 Å². The molecule has 0 saturated heterocycles. The fourth-order valence-electron chi connectivity index (χ4n) is 2.56. The Bertz CT molecular complexity index is 1170. The second kappa shape index (κ2) is 12.8. The van der Waals surface area contributed by atoms with Crippen LogP contribution in [-0.2, 0) is 32.3 Å². The molecular weight excluding hydrogens is 500 g/mol. The number of thiazole rings is 1. The Kier molecular flexibility index (Phi) is 9.51. The van der Waals surface area contributed by atoms with Crippen LogP contribution in [0.4, 0.5) is 9.93 Å². The molecule has 11 heteroatoms. The van der Waals surface area contributed by atoms with Gasteiger partial charge in [-0.2, -0.15) is 0 Å². The summed E-state index contributed by atoms with van der Waals surface area (Å²) in [5.41, 5.74) is 1.41. The minimum atomic E-state index is -1.32. The average Bonchev–Trinajstić information content (AvgIpc) is 3.28. The molecule has 0 aliphatic rings. The van der Waals surface area contributed by atoms with E-state index in [1.165, 1.54) is 5.38 Å². The van der Waals surface area contributed by atoms with Crippen LogP contribution in [0.3, 0.4) is 0 Å². The molecule has 2 aromatic carbocycles. The van der Waals surface area contributed by atoms with E-state index in [1.807, 2.05) is 60.7 Å². The molecule has 8 nitrogen and oxygen atoms in total. The van der Waals surface area contributed by atoms with Gasteiger partial charge in [-0.15, -0.1) is 23.1 Å². The molecule has 0 bridgehead atoms. The number of amides is 1. The number of ether oxygens (including phenoxy) is 2. The van der Waals surface area contributed by atoms with E-state index in [1.54, 1.807) is 0 Å². The van der Waals surface area contributed by atoms with Gasteiger partial charge in [0.05, 0.1) is 15.8 Å². The van der Waals surface area contributed by atoms with Crippen molar-refractivity contribution >= 4 is 63.4 Å². The second-order valence-corrected chi connectivity index (χ2v) is 9.06. The molecule has 1 aromatic heterocycles. The predicted molar refractivity (Wildman–Crippen MR) is 131 cm³/mol. The van der Waals surface area contributed by atoms with Crippen molar-refractivity contribution in [2.24, 2.45) is 0 Å². The Labute approximate surface area is 208 Å². The van der Waals surface area contributed by atoms with Gasteiger partial charge in [-0.1, -0.05) is 72.3 Å². The van der Waals surface area contributed by atoms with Crippen molar-refractivity contribution in [2.45, 2.75) is 13.2 Å². The highest BCUT2D eigenvalue weighted by atomic mass is 35.5. The zero-order chi connectivity index (χ0) is 24.3. The van der Waals surface area contributed by atoms with E-state index in [0.717, 1.165) is 34.2 Å². The van der Waals surface area contributed by atoms with Gasteiger partial charge in [0.1, 0.15) is 18.8 Å². The van der Waals surface area contributed by atoms with Crippen LogP contribution in [0.1, 0.15) is 16.8 Å². The van der Waals surface area contributed by atoms with Crippen molar-refractivity contribution in [3.05, 3.63) is 87.2 Å². The van der Waals surface area contributed by atoms with Crippen molar-refractivity contribution < 1.29 is 29.0 Å². The van der Waals surface area contributed by atoms with E-state index in [4.69, 9.17) is 21.1 Å². The fraction of sp³-hybridized carbons (Fsp3) is 0.130. The summed E-state index contributed by atoms with van der Waals surface area (Å²) in [6.45, 7) is 0.183. The number of carbonyl (C=O) groups is 3. The summed E-state index contributed by atoms with van der Waals surface area (Å²) in [5, 5.41) is 13.6. The number of nitrogens with zero attached hydrogens (tertiary/aromatic N) is 1. The zero-order valence-electron chi connectivity index (χ0n) is 17.6. The topological polar surface area (TPSA) is 115 Å². The lowest BCUT2D eigenvalue weighted by Crippen LogP contribution is -2.13. The first-order valence-electron chi connectivity index (χ1n) is 9.81. The van der Waals surface area contributed by atoms with Crippen LogP contribution in [0.2, 0.25) is 0 Å². The molecule has 2 N–H and O–H groups in total. The number of esters is 1.